The van der Waals surface area contributed by atoms with Crippen molar-refractivity contribution >= 4 is 5.97 Å². The Morgan fingerprint density at radius 1 is 1.12 bits per heavy atom. The van der Waals surface area contributed by atoms with Gasteiger partial charge in [0.25, 0.3) is 0 Å². The van der Waals surface area contributed by atoms with Crippen molar-refractivity contribution in [1.82, 2.24) is 0 Å². The smallest absolute Gasteiger partial charge is 0.306 e. The maximum Gasteiger partial charge on any atom is 0.306 e. The Bertz CT molecular complexity index is 1030. The lowest BCUT2D eigenvalue weighted by Crippen LogP contribution is -2.45. The number of halogens is 1. The minimum atomic E-state index is -0.223. The van der Waals surface area contributed by atoms with Crippen molar-refractivity contribution in [2.24, 2.45) is 17.3 Å². The highest BCUT2D eigenvalue weighted by Crippen LogP contribution is 2.61. The van der Waals surface area contributed by atoms with Gasteiger partial charge in [-0.05, 0) is 92.0 Å². The second-order valence-corrected chi connectivity index (χ2v) is 10.9. The van der Waals surface area contributed by atoms with Gasteiger partial charge in [-0.3, -0.25) is 4.79 Å². The van der Waals surface area contributed by atoms with Crippen LogP contribution in [0, 0.1) is 23.1 Å². The summed E-state index contributed by atoms with van der Waals surface area (Å²) in [5, 5.41) is 0. The number of carbonyl (C=O) groups is 1. The number of hydrogen-bond acceptors (Lipinski definition) is 3. The van der Waals surface area contributed by atoms with E-state index in [0.717, 1.165) is 44.3 Å². The van der Waals surface area contributed by atoms with Gasteiger partial charge in [0.1, 0.15) is 24.3 Å². The van der Waals surface area contributed by atoms with Gasteiger partial charge in [0, 0.05) is 17.4 Å². The summed E-state index contributed by atoms with van der Waals surface area (Å²) >= 11 is 0. The molecule has 0 heterocycles. The third-order valence-corrected chi connectivity index (χ3v) is 8.97. The molecule has 3 aliphatic rings. The molecular formula is C30H37FO3. The van der Waals surface area contributed by atoms with E-state index in [1.165, 1.54) is 30.0 Å². The number of ether oxygens (including phenoxy) is 2. The van der Waals surface area contributed by atoms with Gasteiger partial charge in [-0.15, -0.1) is 0 Å². The van der Waals surface area contributed by atoms with Crippen molar-refractivity contribution < 1.29 is 18.7 Å². The summed E-state index contributed by atoms with van der Waals surface area (Å²) in [6.07, 6.45) is 9.27. The van der Waals surface area contributed by atoms with Crippen molar-refractivity contribution in [3.05, 3.63) is 65.0 Å². The van der Waals surface area contributed by atoms with Gasteiger partial charge in [-0.25, -0.2) is 4.39 Å². The molecule has 0 unspecified atom stereocenters. The average Bonchev–Trinajstić information content (AvgIpc) is 3.17. The largest absolute Gasteiger partial charge is 0.489 e. The molecule has 2 aromatic carbocycles. The van der Waals surface area contributed by atoms with Gasteiger partial charge in [-0.2, -0.15) is 0 Å². The fraction of sp³-hybridized carbons (Fsp3) is 0.567. The van der Waals surface area contributed by atoms with Crippen LogP contribution in [0.2, 0.25) is 0 Å². The number of hydrogen-bond donors (Lipinski definition) is 0. The monoisotopic (exact) mass is 464 g/mol. The molecule has 2 saturated carbocycles. The molecule has 0 spiro atoms. The highest BCUT2D eigenvalue weighted by Gasteiger charge is 2.56. The van der Waals surface area contributed by atoms with Gasteiger partial charge in [0.05, 0.1) is 0 Å². The summed E-state index contributed by atoms with van der Waals surface area (Å²) in [5.74, 6) is 2.46. The molecule has 3 nitrogen and oxygen atoms in total. The predicted octanol–water partition coefficient (Wildman–Crippen LogP) is 7.36. The van der Waals surface area contributed by atoms with E-state index in [2.05, 4.69) is 32.0 Å². The summed E-state index contributed by atoms with van der Waals surface area (Å²) < 4.78 is 25.9. The minimum absolute atomic E-state index is 0.00671. The minimum Gasteiger partial charge on any atom is -0.489 e. The number of unbranched alkanes of at least 4 members (excludes halogenated alkanes) is 1. The van der Waals surface area contributed by atoms with Crippen LogP contribution in [0.15, 0.2) is 42.5 Å². The number of benzene rings is 2. The van der Waals surface area contributed by atoms with Crippen molar-refractivity contribution in [3.63, 3.8) is 0 Å². The Balaban J connectivity index is 1.27. The second-order valence-electron chi connectivity index (χ2n) is 10.9. The Hall–Kier alpha value is -2.36. The molecule has 0 N–H and O–H groups in total. The predicted molar refractivity (Wildman–Crippen MR) is 131 cm³/mol. The summed E-state index contributed by atoms with van der Waals surface area (Å²) in [7, 11) is 0. The molecule has 0 radical (unpaired) electrons. The quantitative estimate of drug-likeness (QED) is 0.402. The molecule has 0 amide bonds. The number of esters is 1. The van der Waals surface area contributed by atoms with Gasteiger partial charge >= 0.3 is 5.97 Å². The highest BCUT2D eigenvalue weighted by atomic mass is 19.1. The molecular weight excluding hydrogens is 427 g/mol. The van der Waals surface area contributed by atoms with E-state index in [4.69, 9.17) is 9.47 Å². The molecule has 5 atom stereocenters. The van der Waals surface area contributed by atoms with Crippen molar-refractivity contribution in [1.29, 1.82) is 0 Å². The van der Waals surface area contributed by atoms with Crippen molar-refractivity contribution in [3.8, 4) is 5.75 Å². The number of carbonyl (C=O) groups excluding carboxylic acids is 1. The second kappa shape index (κ2) is 9.71. The van der Waals surface area contributed by atoms with E-state index >= 15 is 0 Å². The molecule has 34 heavy (non-hydrogen) atoms. The first-order valence-electron chi connectivity index (χ1n) is 13.2. The van der Waals surface area contributed by atoms with Gasteiger partial charge in [0.2, 0.25) is 0 Å². The first-order valence-corrected chi connectivity index (χ1v) is 13.2. The number of rotatable bonds is 7. The van der Waals surface area contributed by atoms with Crippen LogP contribution >= 0.6 is 0 Å². The van der Waals surface area contributed by atoms with Gasteiger partial charge in [0.15, 0.2) is 0 Å². The van der Waals surface area contributed by atoms with E-state index < -0.39 is 0 Å². The fourth-order valence-electron chi connectivity index (χ4n) is 7.11. The van der Waals surface area contributed by atoms with E-state index in [-0.39, 0.29) is 29.9 Å². The molecule has 0 aromatic heterocycles. The SMILES string of the molecule is CCCCC(=O)O[C@H]1CC[C@@H]2[C@H]3CCc4cc(OCc5ccccc5F)ccc4[C@H]3CC[C@]12C. The van der Waals surface area contributed by atoms with Crippen LogP contribution < -0.4 is 4.74 Å². The third kappa shape index (κ3) is 4.36. The van der Waals surface area contributed by atoms with Crippen LogP contribution in [0.3, 0.4) is 0 Å². The zero-order chi connectivity index (χ0) is 23.7. The molecule has 4 heteroatoms. The van der Waals surface area contributed by atoms with E-state index in [1.54, 1.807) is 12.1 Å². The lowest BCUT2D eigenvalue weighted by atomic mass is 9.55. The number of aryl methyl sites for hydroxylation is 1. The molecule has 2 aromatic rings. The molecule has 3 aliphatic carbocycles. The van der Waals surface area contributed by atoms with Crippen LogP contribution in [0.25, 0.3) is 0 Å². The summed E-state index contributed by atoms with van der Waals surface area (Å²) in [6, 6.07) is 13.3. The fourth-order valence-corrected chi connectivity index (χ4v) is 7.11. The van der Waals surface area contributed by atoms with Gasteiger partial charge < -0.3 is 9.47 Å². The summed E-state index contributed by atoms with van der Waals surface area (Å²) in [5.41, 5.74) is 3.55. The molecule has 182 valence electrons. The standard InChI is InChI=1S/C30H37FO3/c1-3-4-9-29(32)34-28-15-14-26-25-12-10-20-18-22(33-19-21-7-5-6-8-27(21)31)11-13-23(20)24(25)16-17-30(26,28)2/h5-8,11,13,18,24-26,28H,3-4,9-10,12,14-17,19H2,1-2H3/t24-,25+,26-,28+,30+/m1/s1. The maximum absolute atomic E-state index is 13.9. The molecule has 5 rings (SSSR count). The zero-order valence-corrected chi connectivity index (χ0v) is 20.5. The first kappa shape index (κ1) is 23.4. The van der Waals surface area contributed by atoms with Crippen LogP contribution in [0.5, 0.6) is 5.75 Å². The average molecular weight is 465 g/mol. The Morgan fingerprint density at radius 3 is 2.79 bits per heavy atom. The Morgan fingerprint density at radius 2 is 1.97 bits per heavy atom. The lowest BCUT2D eigenvalue weighted by Gasteiger charge is -2.50. The Kier molecular flexibility index (Phi) is 6.68. The molecule has 0 saturated heterocycles. The van der Waals surface area contributed by atoms with E-state index in [9.17, 15) is 9.18 Å². The lowest BCUT2D eigenvalue weighted by molar-refractivity contribution is -0.157. The third-order valence-electron chi connectivity index (χ3n) is 8.97. The topological polar surface area (TPSA) is 35.5 Å². The first-order chi connectivity index (χ1) is 16.5. The molecule has 0 aliphatic heterocycles. The van der Waals surface area contributed by atoms with Crippen LogP contribution in [-0.4, -0.2) is 12.1 Å². The molecule has 2 fully saturated rings. The molecule has 0 bridgehead atoms. The maximum atomic E-state index is 13.9. The number of fused-ring (bicyclic) bond motifs is 5. The zero-order valence-electron chi connectivity index (χ0n) is 20.5. The van der Waals surface area contributed by atoms with Crippen molar-refractivity contribution in [2.75, 3.05) is 0 Å². The van der Waals surface area contributed by atoms with E-state index in [1.807, 2.05) is 6.07 Å². The highest BCUT2D eigenvalue weighted by molar-refractivity contribution is 5.69. The van der Waals surface area contributed by atoms with Gasteiger partial charge in [-0.1, -0.05) is 44.5 Å². The van der Waals surface area contributed by atoms with Crippen LogP contribution in [-0.2, 0) is 22.6 Å². The summed E-state index contributed by atoms with van der Waals surface area (Å²) in [6.45, 7) is 4.74. The summed E-state index contributed by atoms with van der Waals surface area (Å²) in [4.78, 5) is 12.4. The Labute approximate surface area is 203 Å². The normalized spacial score (nSPS) is 29.6. The van der Waals surface area contributed by atoms with Crippen LogP contribution in [0.4, 0.5) is 4.39 Å². The van der Waals surface area contributed by atoms with E-state index in [0.29, 0.717) is 29.7 Å². The van der Waals surface area contributed by atoms with Crippen LogP contribution in [0.1, 0.15) is 87.8 Å². The van der Waals surface area contributed by atoms with Crippen molar-refractivity contribution in [2.45, 2.75) is 90.3 Å².